The van der Waals surface area contributed by atoms with Gasteiger partial charge in [-0.3, -0.25) is 0 Å². The topological polar surface area (TPSA) is 24.5 Å². The summed E-state index contributed by atoms with van der Waals surface area (Å²) < 4.78 is 5.05. The van der Waals surface area contributed by atoms with Crippen molar-refractivity contribution in [1.29, 1.82) is 0 Å². The standard InChI is InChI=1S/C13H28N2O/c1-15(11-12-16-2)10-6-4-3-5-9-14-13-7-8-13/h13-14H,3-12H2,1-2H3. The zero-order chi connectivity index (χ0) is 11.6. The van der Waals surface area contributed by atoms with Gasteiger partial charge in [0.2, 0.25) is 0 Å². The van der Waals surface area contributed by atoms with E-state index in [2.05, 4.69) is 17.3 Å². The van der Waals surface area contributed by atoms with Crippen molar-refractivity contribution in [3.63, 3.8) is 0 Å². The van der Waals surface area contributed by atoms with E-state index in [1.54, 1.807) is 7.11 Å². The Kier molecular flexibility index (Phi) is 7.81. The fourth-order valence-corrected chi connectivity index (χ4v) is 1.81. The summed E-state index contributed by atoms with van der Waals surface area (Å²) in [7, 11) is 3.94. The third-order valence-corrected chi connectivity index (χ3v) is 3.15. The summed E-state index contributed by atoms with van der Waals surface area (Å²) in [5.74, 6) is 0. The molecule has 1 saturated carbocycles. The van der Waals surface area contributed by atoms with Gasteiger partial charge in [-0.2, -0.15) is 0 Å². The Hall–Kier alpha value is -0.120. The van der Waals surface area contributed by atoms with Gasteiger partial charge in [-0.15, -0.1) is 0 Å². The molecule has 0 saturated heterocycles. The molecule has 1 aliphatic carbocycles. The maximum absolute atomic E-state index is 5.05. The van der Waals surface area contributed by atoms with Gasteiger partial charge < -0.3 is 15.0 Å². The maximum Gasteiger partial charge on any atom is 0.0589 e. The Bertz CT molecular complexity index is 160. The Morgan fingerprint density at radius 3 is 2.56 bits per heavy atom. The molecular formula is C13H28N2O. The van der Waals surface area contributed by atoms with Crippen molar-refractivity contribution < 1.29 is 4.74 Å². The summed E-state index contributed by atoms with van der Waals surface area (Å²) in [6.07, 6.45) is 8.22. The lowest BCUT2D eigenvalue weighted by molar-refractivity contribution is 0.160. The molecule has 0 aliphatic heterocycles. The first kappa shape index (κ1) is 13.9. The average Bonchev–Trinajstić information content (AvgIpc) is 3.09. The second-order valence-electron chi connectivity index (χ2n) is 4.94. The van der Waals surface area contributed by atoms with Crippen LogP contribution in [0, 0.1) is 0 Å². The molecule has 0 amide bonds. The van der Waals surface area contributed by atoms with Crippen LogP contribution in [-0.4, -0.2) is 51.3 Å². The highest BCUT2D eigenvalue weighted by molar-refractivity contribution is 4.80. The number of rotatable bonds is 11. The molecule has 0 radical (unpaired) electrons. The number of methoxy groups -OCH3 is 1. The van der Waals surface area contributed by atoms with Gasteiger partial charge in [0.25, 0.3) is 0 Å². The van der Waals surface area contributed by atoms with Crippen molar-refractivity contribution in [3.05, 3.63) is 0 Å². The maximum atomic E-state index is 5.05. The summed E-state index contributed by atoms with van der Waals surface area (Å²) in [4.78, 5) is 2.35. The van der Waals surface area contributed by atoms with Gasteiger partial charge in [0.1, 0.15) is 0 Å². The summed E-state index contributed by atoms with van der Waals surface area (Å²) in [5, 5.41) is 3.56. The number of hydrogen-bond donors (Lipinski definition) is 1. The third-order valence-electron chi connectivity index (χ3n) is 3.15. The van der Waals surface area contributed by atoms with E-state index in [-0.39, 0.29) is 0 Å². The molecule has 0 bridgehead atoms. The van der Waals surface area contributed by atoms with Crippen LogP contribution < -0.4 is 5.32 Å². The highest BCUT2D eigenvalue weighted by Crippen LogP contribution is 2.18. The van der Waals surface area contributed by atoms with E-state index in [0.717, 1.165) is 19.2 Å². The number of unbranched alkanes of at least 4 members (excludes halogenated alkanes) is 3. The van der Waals surface area contributed by atoms with Crippen molar-refractivity contribution >= 4 is 0 Å². The minimum Gasteiger partial charge on any atom is -0.383 e. The Balaban J connectivity index is 1.72. The molecule has 0 spiro atoms. The van der Waals surface area contributed by atoms with Gasteiger partial charge in [-0.25, -0.2) is 0 Å². The monoisotopic (exact) mass is 228 g/mol. The number of nitrogens with zero attached hydrogens (tertiary/aromatic N) is 1. The molecule has 3 nitrogen and oxygen atoms in total. The van der Waals surface area contributed by atoms with Crippen LogP contribution in [0.3, 0.4) is 0 Å². The first-order valence-electron chi connectivity index (χ1n) is 6.74. The van der Waals surface area contributed by atoms with Gasteiger partial charge in [0.05, 0.1) is 6.61 Å². The highest BCUT2D eigenvalue weighted by Gasteiger charge is 2.19. The fourth-order valence-electron chi connectivity index (χ4n) is 1.81. The van der Waals surface area contributed by atoms with E-state index >= 15 is 0 Å². The van der Waals surface area contributed by atoms with Crippen molar-refractivity contribution in [3.8, 4) is 0 Å². The molecule has 0 heterocycles. The molecule has 0 aromatic rings. The van der Waals surface area contributed by atoms with E-state index in [1.807, 2.05) is 0 Å². The second kappa shape index (κ2) is 8.97. The molecule has 3 heteroatoms. The molecule has 0 atom stereocenters. The van der Waals surface area contributed by atoms with E-state index in [0.29, 0.717) is 0 Å². The second-order valence-corrected chi connectivity index (χ2v) is 4.94. The van der Waals surface area contributed by atoms with Gasteiger partial charge in [0, 0.05) is 19.7 Å². The normalized spacial score (nSPS) is 15.9. The zero-order valence-electron chi connectivity index (χ0n) is 11.0. The van der Waals surface area contributed by atoms with Crippen molar-refractivity contribution in [2.24, 2.45) is 0 Å². The van der Waals surface area contributed by atoms with Gasteiger partial charge in [-0.05, 0) is 45.8 Å². The quantitative estimate of drug-likeness (QED) is 0.546. The van der Waals surface area contributed by atoms with Crippen LogP contribution in [-0.2, 0) is 4.74 Å². The zero-order valence-corrected chi connectivity index (χ0v) is 11.0. The van der Waals surface area contributed by atoms with E-state index in [4.69, 9.17) is 4.74 Å². The predicted molar refractivity (Wildman–Crippen MR) is 68.9 cm³/mol. The molecule has 96 valence electrons. The van der Waals surface area contributed by atoms with Crippen molar-refractivity contribution in [2.75, 3.05) is 40.4 Å². The minimum atomic E-state index is 0.849. The predicted octanol–water partition coefficient (Wildman–Crippen LogP) is 1.88. The van der Waals surface area contributed by atoms with E-state index in [9.17, 15) is 0 Å². The van der Waals surface area contributed by atoms with Crippen LogP contribution in [0.4, 0.5) is 0 Å². The molecule has 1 fully saturated rings. The smallest absolute Gasteiger partial charge is 0.0589 e. The summed E-state index contributed by atoms with van der Waals surface area (Å²) >= 11 is 0. The number of nitrogens with one attached hydrogen (secondary N) is 1. The molecule has 1 rings (SSSR count). The first-order valence-corrected chi connectivity index (χ1v) is 6.74. The van der Waals surface area contributed by atoms with Crippen LogP contribution >= 0.6 is 0 Å². The summed E-state index contributed by atoms with van der Waals surface area (Å²) in [6, 6.07) is 0.875. The lowest BCUT2D eigenvalue weighted by atomic mass is 10.2. The van der Waals surface area contributed by atoms with Crippen molar-refractivity contribution in [2.45, 2.75) is 44.6 Å². The van der Waals surface area contributed by atoms with Gasteiger partial charge >= 0.3 is 0 Å². The Morgan fingerprint density at radius 2 is 1.88 bits per heavy atom. The summed E-state index contributed by atoms with van der Waals surface area (Å²) in [5.41, 5.74) is 0. The number of hydrogen-bond acceptors (Lipinski definition) is 3. The molecule has 0 unspecified atom stereocenters. The molecule has 16 heavy (non-hydrogen) atoms. The fraction of sp³-hybridized carbons (Fsp3) is 1.00. The van der Waals surface area contributed by atoms with Crippen LogP contribution in [0.15, 0.2) is 0 Å². The van der Waals surface area contributed by atoms with E-state index < -0.39 is 0 Å². The van der Waals surface area contributed by atoms with Gasteiger partial charge in [-0.1, -0.05) is 12.8 Å². The summed E-state index contributed by atoms with van der Waals surface area (Å²) in [6.45, 7) is 4.34. The van der Waals surface area contributed by atoms with Crippen LogP contribution in [0.1, 0.15) is 38.5 Å². The first-order chi connectivity index (χ1) is 7.83. The van der Waals surface area contributed by atoms with E-state index in [1.165, 1.54) is 51.6 Å². The minimum absolute atomic E-state index is 0.849. The molecule has 1 aliphatic rings. The lowest BCUT2D eigenvalue weighted by Gasteiger charge is -2.15. The van der Waals surface area contributed by atoms with Gasteiger partial charge in [0.15, 0.2) is 0 Å². The highest BCUT2D eigenvalue weighted by atomic mass is 16.5. The molecule has 0 aromatic carbocycles. The number of likely N-dealkylation sites (N-methyl/N-ethyl adjacent to an activating group) is 1. The largest absolute Gasteiger partial charge is 0.383 e. The average molecular weight is 228 g/mol. The number of ether oxygens (including phenoxy) is 1. The Morgan fingerprint density at radius 1 is 1.12 bits per heavy atom. The molecule has 1 N–H and O–H groups in total. The van der Waals surface area contributed by atoms with Crippen molar-refractivity contribution in [1.82, 2.24) is 10.2 Å². The van der Waals surface area contributed by atoms with Crippen LogP contribution in [0.25, 0.3) is 0 Å². The Labute approximate surface area is 101 Å². The van der Waals surface area contributed by atoms with Crippen LogP contribution in [0.2, 0.25) is 0 Å². The lowest BCUT2D eigenvalue weighted by Crippen LogP contribution is -2.24. The molecular weight excluding hydrogens is 200 g/mol. The third kappa shape index (κ3) is 8.08. The van der Waals surface area contributed by atoms with Crippen LogP contribution in [0.5, 0.6) is 0 Å². The molecule has 0 aromatic heterocycles. The SMILES string of the molecule is COCCN(C)CCCCCCNC1CC1.